The Morgan fingerprint density at radius 2 is 2.08 bits per heavy atom. The number of hydrogen-bond acceptors (Lipinski definition) is 2. The van der Waals surface area contributed by atoms with Gasteiger partial charge in [-0.2, -0.15) is 0 Å². The number of aryl methyl sites for hydroxylation is 1. The van der Waals surface area contributed by atoms with Crippen LogP contribution in [0.3, 0.4) is 0 Å². The van der Waals surface area contributed by atoms with Crippen molar-refractivity contribution in [2.24, 2.45) is 5.92 Å². The molecular formula is C10H15NO. The lowest BCUT2D eigenvalue weighted by Crippen LogP contribution is -2.08. The number of aromatic nitrogens is 1. The molecule has 1 N–H and O–H groups in total. The van der Waals surface area contributed by atoms with Crippen molar-refractivity contribution in [1.29, 1.82) is 0 Å². The Labute approximate surface area is 73.3 Å². The van der Waals surface area contributed by atoms with Gasteiger partial charge in [0.2, 0.25) is 0 Å². The Morgan fingerprint density at radius 1 is 1.42 bits per heavy atom. The third kappa shape index (κ3) is 1.83. The number of aliphatic hydroxyl groups excluding tert-OH is 1. The second kappa shape index (κ2) is 3.68. The van der Waals surface area contributed by atoms with E-state index in [0.29, 0.717) is 0 Å². The average Bonchev–Trinajstić information content (AvgIpc) is 2.04. The minimum absolute atomic E-state index is 0.221. The summed E-state index contributed by atoms with van der Waals surface area (Å²) in [7, 11) is 0. The molecule has 0 radical (unpaired) electrons. The van der Waals surface area contributed by atoms with Crippen LogP contribution in [0.4, 0.5) is 0 Å². The quantitative estimate of drug-likeness (QED) is 0.727. The lowest BCUT2D eigenvalue weighted by Gasteiger charge is -2.15. The average molecular weight is 165 g/mol. The van der Waals surface area contributed by atoms with Crippen LogP contribution in [0, 0.1) is 12.8 Å². The minimum atomic E-state index is -0.439. The number of hydrogen-bond donors (Lipinski definition) is 1. The van der Waals surface area contributed by atoms with Gasteiger partial charge < -0.3 is 5.11 Å². The van der Waals surface area contributed by atoms with Gasteiger partial charge in [-0.15, -0.1) is 0 Å². The second-order valence-electron chi connectivity index (χ2n) is 3.39. The van der Waals surface area contributed by atoms with Gasteiger partial charge in [0.15, 0.2) is 0 Å². The van der Waals surface area contributed by atoms with Crippen LogP contribution in [0.5, 0.6) is 0 Å². The molecule has 0 saturated carbocycles. The van der Waals surface area contributed by atoms with Gasteiger partial charge in [-0.25, -0.2) is 0 Å². The molecule has 0 aliphatic rings. The van der Waals surface area contributed by atoms with Crippen molar-refractivity contribution >= 4 is 0 Å². The van der Waals surface area contributed by atoms with Gasteiger partial charge in [0, 0.05) is 6.20 Å². The molecule has 1 aromatic heterocycles. The van der Waals surface area contributed by atoms with E-state index >= 15 is 0 Å². The summed E-state index contributed by atoms with van der Waals surface area (Å²) in [6.45, 7) is 5.94. The van der Waals surface area contributed by atoms with E-state index in [9.17, 15) is 5.11 Å². The van der Waals surface area contributed by atoms with Crippen LogP contribution in [0.25, 0.3) is 0 Å². The molecule has 0 bridgehead atoms. The normalized spacial score (nSPS) is 13.4. The van der Waals surface area contributed by atoms with Crippen molar-refractivity contribution in [3.8, 4) is 0 Å². The SMILES string of the molecule is Cc1cccnc1C(O)C(C)C. The molecule has 12 heavy (non-hydrogen) atoms. The predicted molar refractivity (Wildman–Crippen MR) is 48.8 cm³/mol. The first-order chi connectivity index (χ1) is 5.63. The lowest BCUT2D eigenvalue weighted by molar-refractivity contribution is 0.122. The summed E-state index contributed by atoms with van der Waals surface area (Å²) in [6.07, 6.45) is 1.28. The molecule has 0 spiro atoms. The third-order valence-electron chi connectivity index (χ3n) is 1.96. The van der Waals surface area contributed by atoms with Crippen LogP contribution in [0.1, 0.15) is 31.2 Å². The van der Waals surface area contributed by atoms with Crippen LogP contribution >= 0.6 is 0 Å². The van der Waals surface area contributed by atoms with E-state index in [4.69, 9.17) is 0 Å². The summed E-state index contributed by atoms with van der Waals surface area (Å²) in [6, 6.07) is 3.85. The van der Waals surface area contributed by atoms with Crippen molar-refractivity contribution in [2.45, 2.75) is 26.9 Å². The smallest absolute Gasteiger partial charge is 0.0985 e. The molecule has 1 heterocycles. The molecule has 0 aliphatic heterocycles. The molecule has 2 heteroatoms. The second-order valence-corrected chi connectivity index (χ2v) is 3.39. The first-order valence-electron chi connectivity index (χ1n) is 4.22. The highest BCUT2D eigenvalue weighted by Gasteiger charge is 2.14. The number of aliphatic hydroxyl groups is 1. The summed E-state index contributed by atoms with van der Waals surface area (Å²) >= 11 is 0. The first kappa shape index (κ1) is 9.20. The van der Waals surface area contributed by atoms with Gasteiger partial charge in [-0.3, -0.25) is 4.98 Å². The monoisotopic (exact) mass is 165 g/mol. The largest absolute Gasteiger partial charge is 0.387 e. The van der Waals surface area contributed by atoms with E-state index in [1.807, 2.05) is 32.9 Å². The Bertz CT molecular complexity index is 258. The highest BCUT2D eigenvalue weighted by Crippen LogP contribution is 2.21. The van der Waals surface area contributed by atoms with E-state index in [0.717, 1.165) is 11.3 Å². The van der Waals surface area contributed by atoms with Gasteiger partial charge in [0.25, 0.3) is 0 Å². The van der Waals surface area contributed by atoms with E-state index in [-0.39, 0.29) is 5.92 Å². The molecule has 1 atom stereocenters. The van der Waals surface area contributed by atoms with Crippen LogP contribution < -0.4 is 0 Å². The highest BCUT2D eigenvalue weighted by atomic mass is 16.3. The summed E-state index contributed by atoms with van der Waals surface area (Å²) in [4.78, 5) is 4.15. The van der Waals surface area contributed by atoms with Crippen molar-refractivity contribution in [2.75, 3.05) is 0 Å². The maximum absolute atomic E-state index is 9.72. The van der Waals surface area contributed by atoms with Gasteiger partial charge >= 0.3 is 0 Å². The molecule has 0 aliphatic carbocycles. The van der Waals surface area contributed by atoms with Gasteiger partial charge in [-0.05, 0) is 24.5 Å². The summed E-state index contributed by atoms with van der Waals surface area (Å²) in [5, 5.41) is 9.72. The molecule has 1 aromatic rings. The number of rotatable bonds is 2. The first-order valence-corrected chi connectivity index (χ1v) is 4.22. The maximum atomic E-state index is 9.72. The van der Waals surface area contributed by atoms with Gasteiger partial charge in [0.05, 0.1) is 11.8 Å². The zero-order valence-electron chi connectivity index (χ0n) is 7.78. The Balaban J connectivity index is 2.94. The lowest BCUT2D eigenvalue weighted by atomic mass is 10.0. The van der Waals surface area contributed by atoms with Crippen LogP contribution in [-0.2, 0) is 0 Å². The molecule has 2 nitrogen and oxygen atoms in total. The van der Waals surface area contributed by atoms with Crippen molar-refractivity contribution in [3.05, 3.63) is 29.6 Å². The maximum Gasteiger partial charge on any atom is 0.0985 e. The molecule has 0 saturated heterocycles. The zero-order valence-corrected chi connectivity index (χ0v) is 7.78. The molecule has 1 rings (SSSR count). The number of nitrogens with zero attached hydrogens (tertiary/aromatic N) is 1. The predicted octanol–water partition coefficient (Wildman–Crippen LogP) is 2.08. The fraction of sp³-hybridized carbons (Fsp3) is 0.500. The van der Waals surface area contributed by atoms with Crippen molar-refractivity contribution in [1.82, 2.24) is 4.98 Å². The van der Waals surface area contributed by atoms with Crippen molar-refractivity contribution in [3.63, 3.8) is 0 Å². The molecular weight excluding hydrogens is 150 g/mol. The van der Waals surface area contributed by atoms with Gasteiger partial charge in [-0.1, -0.05) is 19.9 Å². The van der Waals surface area contributed by atoms with E-state index in [1.165, 1.54) is 0 Å². The number of pyridine rings is 1. The minimum Gasteiger partial charge on any atom is -0.387 e. The van der Waals surface area contributed by atoms with Crippen LogP contribution in [0.2, 0.25) is 0 Å². The zero-order chi connectivity index (χ0) is 9.14. The fourth-order valence-electron chi connectivity index (χ4n) is 1.12. The van der Waals surface area contributed by atoms with Crippen LogP contribution in [0.15, 0.2) is 18.3 Å². The van der Waals surface area contributed by atoms with Gasteiger partial charge in [0.1, 0.15) is 0 Å². The summed E-state index contributed by atoms with van der Waals surface area (Å²) in [5.74, 6) is 0.221. The highest BCUT2D eigenvalue weighted by molar-refractivity contribution is 5.19. The van der Waals surface area contributed by atoms with E-state index < -0.39 is 6.10 Å². The van der Waals surface area contributed by atoms with Crippen molar-refractivity contribution < 1.29 is 5.11 Å². The van der Waals surface area contributed by atoms with Crippen LogP contribution in [-0.4, -0.2) is 10.1 Å². The Hall–Kier alpha value is -0.890. The molecule has 0 fully saturated rings. The molecule has 0 aromatic carbocycles. The molecule has 0 amide bonds. The molecule has 1 unspecified atom stereocenters. The Morgan fingerprint density at radius 3 is 2.58 bits per heavy atom. The Kier molecular flexibility index (Phi) is 2.82. The van der Waals surface area contributed by atoms with E-state index in [1.54, 1.807) is 6.20 Å². The standard InChI is InChI=1S/C10H15NO/c1-7(2)10(12)9-8(3)5-4-6-11-9/h4-7,10,12H,1-3H3. The van der Waals surface area contributed by atoms with E-state index in [2.05, 4.69) is 4.98 Å². The summed E-state index contributed by atoms with van der Waals surface area (Å²) < 4.78 is 0. The molecule has 66 valence electrons. The topological polar surface area (TPSA) is 33.1 Å². The fourth-order valence-corrected chi connectivity index (χ4v) is 1.12. The summed E-state index contributed by atoms with van der Waals surface area (Å²) in [5.41, 5.74) is 1.85. The third-order valence-corrected chi connectivity index (χ3v) is 1.96.